The smallest absolute Gasteiger partial charge is 0.332 e. The molecule has 0 aliphatic carbocycles. The molecule has 0 radical (unpaired) electrons. The fourth-order valence-corrected chi connectivity index (χ4v) is 1.31. The number of fused-ring (bicyclic) bond motifs is 1. The number of oxime groups is 1. The maximum Gasteiger partial charge on any atom is 0.332 e. The van der Waals surface area contributed by atoms with Crippen molar-refractivity contribution in [3.05, 3.63) is 30.2 Å². The number of benzene rings is 1. The van der Waals surface area contributed by atoms with Crippen LogP contribution in [0.4, 0.5) is 0 Å². The van der Waals surface area contributed by atoms with Crippen molar-refractivity contribution in [2.75, 3.05) is 0 Å². The van der Waals surface area contributed by atoms with Gasteiger partial charge in [0, 0.05) is 6.92 Å². The summed E-state index contributed by atoms with van der Waals surface area (Å²) in [7, 11) is 0. The summed E-state index contributed by atoms with van der Waals surface area (Å²) in [4.78, 5) is 19.1. The zero-order valence-corrected chi connectivity index (χ0v) is 9.21. The third-order valence-corrected chi connectivity index (χ3v) is 1.96. The lowest BCUT2D eigenvalue weighted by molar-refractivity contribution is -0.140. The van der Waals surface area contributed by atoms with Crippen LogP contribution in [0.15, 0.2) is 33.8 Å². The molecule has 2 rings (SSSR count). The van der Waals surface area contributed by atoms with Crippen molar-refractivity contribution >= 4 is 22.9 Å². The third kappa shape index (κ3) is 2.81. The Kier molecular flexibility index (Phi) is 3.04. The fraction of sp³-hybridized carbons (Fsp3) is 0.182. The van der Waals surface area contributed by atoms with Crippen LogP contribution >= 0.6 is 0 Å². The van der Waals surface area contributed by atoms with Crippen molar-refractivity contribution in [3.8, 4) is 0 Å². The molecule has 88 valence electrons. The molecule has 2 N–H and O–H groups in total. The Labute approximate surface area is 97.1 Å². The van der Waals surface area contributed by atoms with Crippen LogP contribution in [0.2, 0.25) is 0 Å². The van der Waals surface area contributed by atoms with E-state index in [0.29, 0.717) is 11.5 Å². The summed E-state index contributed by atoms with van der Waals surface area (Å²) in [6, 6.07) is 7.37. The van der Waals surface area contributed by atoms with Gasteiger partial charge in [-0.05, 0) is 12.1 Å². The van der Waals surface area contributed by atoms with Gasteiger partial charge in [0.25, 0.3) is 0 Å². The van der Waals surface area contributed by atoms with Gasteiger partial charge in [0.2, 0.25) is 5.89 Å². The van der Waals surface area contributed by atoms with Crippen molar-refractivity contribution in [1.29, 1.82) is 0 Å². The molecule has 1 heterocycles. The summed E-state index contributed by atoms with van der Waals surface area (Å²) >= 11 is 0. The predicted octanol–water partition coefficient (Wildman–Crippen LogP) is 1.21. The molecule has 0 fully saturated rings. The number of aromatic nitrogens is 1. The molecule has 1 aromatic heterocycles. The monoisotopic (exact) mass is 233 g/mol. The highest BCUT2D eigenvalue weighted by Crippen LogP contribution is 2.14. The van der Waals surface area contributed by atoms with E-state index < -0.39 is 5.97 Å². The molecule has 0 atom stereocenters. The van der Waals surface area contributed by atoms with Gasteiger partial charge in [-0.15, -0.1) is 0 Å². The van der Waals surface area contributed by atoms with Gasteiger partial charge in [0.05, 0.1) is 6.42 Å². The average Bonchev–Trinajstić information content (AvgIpc) is 2.68. The van der Waals surface area contributed by atoms with E-state index in [9.17, 15) is 4.79 Å². The van der Waals surface area contributed by atoms with E-state index in [0.717, 1.165) is 5.52 Å². The zero-order chi connectivity index (χ0) is 12.3. The highest BCUT2D eigenvalue weighted by molar-refractivity contribution is 5.83. The van der Waals surface area contributed by atoms with Crippen LogP contribution in [0, 0.1) is 0 Å². The number of nitrogens with two attached hydrogens (primary N) is 1. The van der Waals surface area contributed by atoms with Gasteiger partial charge in [0.1, 0.15) is 11.4 Å². The quantitative estimate of drug-likeness (QED) is 0.372. The minimum Gasteiger partial charge on any atom is -0.440 e. The first-order chi connectivity index (χ1) is 8.15. The number of rotatable bonds is 3. The first-order valence-electron chi connectivity index (χ1n) is 4.99. The Hall–Kier alpha value is -2.37. The molecule has 0 aliphatic rings. The number of nitrogens with zero attached hydrogens (tertiary/aromatic N) is 2. The Bertz CT molecular complexity index is 541. The highest BCUT2D eigenvalue weighted by atomic mass is 16.7. The molecular formula is C11H11N3O3. The Balaban J connectivity index is 2.13. The van der Waals surface area contributed by atoms with Crippen LogP contribution in [0.3, 0.4) is 0 Å². The molecule has 2 aromatic rings. The van der Waals surface area contributed by atoms with E-state index >= 15 is 0 Å². The molecule has 0 saturated heterocycles. The second kappa shape index (κ2) is 4.65. The van der Waals surface area contributed by atoms with Crippen LogP contribution in [0.25, 0.3) is 11.1 Å². The number of para-hydroxylation sites is 2. The standard InChI is InChI=1S/C11H11N3O3/c1-7(15)17-14-10(12)6-11-13-8-4-2-3-5-9(8)16-11/h2-5H,6H2,1H3,(H2,12,14). The summed E-state index contributed by atoms with van der Waals surface area (Å²) < 4.78 is 5.43. The van der Waals surface area contributed by atoms with Crippen LogP contribution in [-0.4, -0.2) is 16.8 Å². The van der Waals surface area contributed by atoms with E-state index in [2.05, 4.69) is 15.0 Å². The lowest BCUT2D eigenvalue weighted by Gasteiger charge is -1.95. The maximum atomic E-state index is 10.5. The Morgan fingerprint density at radius 2 is 2.29 bits per heavy atom. The zero-order valence-electron chi connectivity index (χ0n) is 9.21. The van der Waals surface area contributed by atoms with Crippen molar-refractivity contribution in [3.63, 3.8) is 0 Å². The molecule has 6 heteroatoms. The Morgan fingerprint density at radius 3 is 3.00 bits per heavy atom. The lowest BCUT2D eigenvalue weighted by atomic mass is 10.3. The van der Waals surface area contributed by atoms with Gasteiger partial charge in [0.15, 0.2) is 5.58 Å². The second-order valence-corrected chi connectivity index (χ2v) is 3.42. The molecule has 0 unspecified atom stereocenters. The molecule has 0 saturated carbocycles. The number of carbonyl (C=O) groups excluding carboxylic acids is 1. The molecule has 1 aromatic carbocycles. The number of oxazole rings is 1. The number of hydrogen-bond donors (Lipinski definition) is 1. The molecule has 17 heavy (non-hydrogen) atoms. The summed E-state index contributed by atoms with van der Waals surface area (Å²) in [6.45, 7) is 1.25. The third-order valence-electron chi connectivity index (χ3n) is 1.96. The second-order valence-electron chi connectivity index (χ2n) is 3.42. The van der Waals surface area contributed by atoms with Gasteiger partial charge in [-0.2, -0.15) is 0 Å². The van der Waals surface area contributed by atoms with Gasteiger partial charge < -0.3 is 15.0 Å². The topological polar surface area (TPSA) is 90.7 Å². The summed E-state index contributed by atoms with van der Waals surface area (Å²) in [5.41, 5.74) is 6.98. The molecule has 6 nitrogen and oxygen atoms in total. The Morgan fingerprint density at radius 1 is 1.53 bits per heavy atom. The molecule has 0 aliphatic heterocycles. The first kappa shape index (κ1) is 11.1. The van der Waals surface area contributed by atoms with E-state index in [1.54, 1.807) is 0 Å². The normalized spacial score (nSPS) is 11.7. The van der Waals surface area contributed by atoms with Gasteiger partial charge in [-0.25, -0.2) is 9.78 Å². The van der Waals surface area contributed by atoms with E-state index in [4.69, 9.17) is 10.2 Å². The van der Waals surface area contributed by atoms with E-state index in [1.165, 1.54) is 6.92 Å². The van der Waals surface area contributed by atoms with Crippen LogP contribution in [0.1, 0.15) is 12.8 Å². The largest absolute Gasteiger partial charge is 0.440 e. The predicted molar refractivity (Wildman–Crippen MR) is 61.1 cm³/mol. The molecule has 0 amide bonds. The lowest BCUT2D eigenvalue weighted by Crippen LogP contribution is -2.16. The van der Waals surface area contributed by atoms with Gasteiger partial charge in [-0.1, -0.05) is 17.3 Å². The van der Waals surface area contributed by atoms with Crippen LogP contribution in [0.5, 0.6) is 0 Å². The van der Waals surface area contributed by atoms with Crippen molar-refractivity contribution < 1.29 is 14.0 Å². The minimum absolute atomic E-state index is 0.131. The van der Waals surface area contributed by atoms with Crippen LogP contribution < -0.4 is 5.73 Å². The van der Waals surface area contributed by atoms with Crippen molar-refractivity contribution in [1.82, 2.24) is 4.98 Å². The highest BCUT2D eigenvalue weighted by Gasteiger charge is 2.07. The maximum absolute atomic E-state index is 10.5. The molecular weight excluding hydrogens is 222 g/mol. The van der Waals surface area contributed by atoms with E-state index in [1.807, 2.05) is 24.3 Å². The average molecular weight is 233 g/mol. The van der Waals surface area contributed by atoms with Crippen LogP contribution in [-0.2, 0) is 16.1 Å². The first-order valence-corrected chi connectivity index (χ1v) is 4.99. The summed E-state index contributed by atoms with van der Waals surface area (Å²) in [6.07, 6.45) is 0.196. The fourth-order valence-electron chi connectivity index (χ4n) is 1.31. The SMILES string of the molecule is CC(=O)ON=C(N)Cc1nc2ccccc2o1. The summed E-state index contributed by atoms with van der Waals surface area (Å²) in [5, 5.41) is 3.43. The van der Waals surface area contributed by atoms with Gasteiger partial charge >= 0.3 is 5.97 Å². The van der Waals surface area contributed by atoms with Gasteiger partial charge in [-0.3, -0.25) is 0 Å². The molecule has 0 bridgehead atoms. The summed E-state index contributed by atoms with van der Waals surface area (Å²) in [5.74, 6) is 0.0388. The molecule has 0 spiro atoms. The van der Waals surface area contributed by atoms with E-state index in [-0.39, 0.29) is 12.3 Å². The minimum atomic E-state index is -0.523. The van der Waals surface area contributed by atoms with Crippen molar-refractivity contribution in [2.24, 2.45) is 10.9 Å². The van der Waals surface area contributed by atoms with Crippen molar-refractivity contribution in [2.45, 2.75) is 13.3 Å². The number of hydrogen-bond acceptors (Lipinski definition) is 5. The number of carbonyl (C=O) groups is 1. The number of amidine groups is 1.